The summed E-state index contributed by atoms with van der Waals surface area (Å²) in [6.07, 6.45) is 1.59. The lowest BCUT2D eigenvalue weighted by atomic mass is 10.3. The second-order valence-corrected chi connectivity index (χ2v) is 3.52. The number of benzene rings is 1. The molecule has 1 rings (SSSR count). The summed E-state index contributed by atoms with van der Waals surface area (Å²) in [7, 11) is -0.985. The van der Waals surface area contributed by atoms with E-state index in [-0.39, 0.29) is 0 Å². The molecule has 12 heavy (non-hydrogen) atoms. The molecule has 0 aliphatic heterocycles. The van der Waals surface area contributed by atoms with Gasteiger partial charge in [0.05, 0.1) is 0 Å². The Morgan fingerprint density at radius 2 is 1.92 bits per heavy atom. The van der Waals surface area contributed by atoms with Crippen molar-refractivity contribution in [2.24, 2.45) is 0 Å². The van der Waals surface area contributed by atoms with E-state index in [0.717, 1.165) is 0 Å². The number of rotatable bonds is 3. The Morgan fingerprint density at radius 3 is 2.33 bits per heavy atom. The molecule has 0 amide bonds. The first kappa shape index (κ1) is 8.93. The van der Waals surface area contributed by atoms with Crippen LogP contribution in [0.2, 0.25) is 0 Å². The molecule has 0 fully saturated rings. The lowest BCUT2D eigenvalue weighted by Gasteiger charge is -1.98. The van der Waals surface area contributed by atoms with E-state index in [1.807, 2.05) is 0 Å². The fraction of sp³-hybridized carbons (Fsp3) is 0.125. The first-order valence-corrected chi connectivity index (χ1v) is 4.83. The third-order valence-corrected chi connectivity index (χ3v) is 2.28. The molecule has 0 heterocycles. The van der Waals surface area contributed by atoms with E-state index in [1.54, 1.807) is 30.5 Å². The number of carbonyl (C=O) groups is 1. The Morgan fingerprint density at radius 1 is 1.33 bits per heavy atom. The molecule has 1 atom stereocenters. The van der Waals surface area contributed by atoms with E-state index >= 15 is 0 Å². The van der Waals surface area contributed by atoms with Gasteiger partial charge in [0.2, 0.25) is 0 Å². The fourth-order valence-corrected chi connectivity index (χ4v) is 1.28. The second-order valence-electron chi connectivity index (χ2n) is 2.14. The molecular formula is C8H8O3S. The summed E-state index contributed by atoms with van der Waals surface area (Å²) in [4.78, 5) is 10.6. The van der Waals surface area contributed by atoms with Gasteiger partial charge in [0, 0.05) is 22.0 Å². The Bertz CT molecular complexity index is 292. The molecule has 0 aliphatic carbocycles. The van der Waals surface area contributed by atoms with Crippen molar-refractivity contribution in [3.8, 4) is 5.75 Å². The number of hydrogen-bond donors (Lipinski definition) is 0. The number of hydrogen-bond acceptors (Lipinski definition) is 3. The Balaban J connectivity index is 2.85. The van der Waals surface area contributed by atoms with Gasteiger partial charge in [-0.1, -0.05) is 0 Å². The molecule has 0 aromatic heterocycles. The predicted molar refractivity (Wildman–Crippen MR) is 45.5 cm³/mol. The van der Waals surface area contributed by atoms with Gasteiger partial charge < -0.3 is 4.74 Å². The normalized spacial score (nSPS) is 12.1. The highest BCUT2D eigenvalue weighted by molar-refractivity contribution is 7.84. The van der Waals surface area contributed by atoms with Crippen molar-refractivity contribution in [1.82, 2.24) is 0 Å². The van der Waals surface area contributed by atoms with Gasteiger partial charge in [-0.25, -0.2) is 0 Å². The molecule has 1 aromatic rings. The topological polar surface area (TPSA) is 43.4 Å². The monoisotopic (exact) mass is 184 g/mol. The summed E-state index contributed by atoms with van der Waals surface area (Å²) in [5.74, 6) is 0.458. The van der Waals surface area contributed by atoms with Crippen molar-refractivity contribution in [3.05, 3.63) is 24.3 Å². The van der Waals surface area contributed by atoms with Crippen LogP contribution in [0.5, 0.6) is 5.75 Å². The molecule has 0 bridgehead atoms. The predicted octanol–water partition coefficient (Wildman–Crippen LogP) is 0.959. The van der Waals surface area contributed by atoms with Crippen LogP contribution in [0.3, 0.4) is 0 Å². The maximum Gasteiger partial charge on any atom is 0.298 e. The molecule has 0 saturated heterocycles. The minimum Gasteiger partial charge on any atom is -0.429 e. The van der Waals surface area contributed by atoms with E-state index < -0.39 is 10.8 Å². The Labute approximate surface area is 72.8 Å². The van der Waals surface area contributed by atoms with Crippen LogP contribution < -0.4 is 4.74 Å². The maximum atomic E-state index is 10.9. The van der Waals surface area contributed by atoms with Crippen LogP contribution >= 0.6 is 0 Å². The van der Waals surface area contributed by atoms with Crippen LogP contribution in [-0.2, 0) is 15.6 Å². The summed E-state index contributed by atoms with van der Waals surface area (Å²) in [5.41, 5.74) is 0. The van der Waals surface area contributed by atoms with Crippen molar-refractivity contribution >= 4 is 17.3 Å². The zero-order valence-electron chi connectivity index (χ0n) is 6.52. The van der Waals surface area contributed by atoms with Gasteiger partial charge in [0.15, 0.2) is 0 Å². The Hall–Kier alpha value is -1.16. The second kappa shape index (κ2) is 4.01. The molecule has 1 aromatic carbocycles. The van der Waals surface area contributed by atoms with E-state index in [1.165, 1.54) is 0 Å². The number of carbonyl (C=O) groups excluding carboxylic acids is 1. The molecule has 0 saturated carbocycles. The molecule has 3 nitrogen and oxygen atoms in total. The highest BCUT2D eigenvalue weighted by Gasteiger charge is 1.96. The van der Waals surface area contributed by atoms with E-state index in [2.05, 4.69) is 4.74 Å². The van der Waals surface area contributed by atoms with E-state index in [0.29, 0.717) is 17.1 Å². The maximum absolute atomic E-state index is 10.9. The molecular weight excluding hydrogens is 176 g/mol. The molecule has 4 heteroatoms. The van der Waals surface area contributed by atoms with Gasteiger partial charge in [0.1, 0.15) is 5.75 Å². The number of ether oxygens (including phenoxy) is 1. The third-order valence-electron chi connectivity index (χ3n) is 1.34. The van der Waals surface area contributed by atoms with E-state index in [4.69, 9.17) is 0 Å². The first-order chi connectivity index (χ1) is 5.74. The highest BCUT2D eigenvalue weighted by atomic mass is 32.2. The van der Waals surface area contributed by atoms with Crippen molar-refractivity contribution in [2.75, 3.05) is 6.26 Å². The zero-order valence-corrected chi connectivity index (χ0v) is 7.34. The molecule has 0 spiro atoms. The van der Waals surface area contributed by atoms with Gasteiger partial charge in [0.25, 0.3) is 6.47 Å². The minimum absolute atomic E-state index is 0.359. The zero-order chi connectivity index (χ0) is 8.97. The van der Waals surface area contributed by atoms with Crippen molar-refractivity contribution in [1.29, 1.82) is 0 Å². The lowest BCUT2D eigenvalue weighted by molar-refractivity contribution is -0.120. The van der Waals surface area contributed by atoms with E-state index in [9.17, 15) is 9.00 Å². The van der Waals surface area contributed by atoms with Gasteiger partial charge in [-0.05, 0) is 24.3 Å². The molecule has 0 aliphatic rings. The summed E-state index contributed by atoms with van der Waals surface area (Å²) in [5, 5.41) is 0. The average molecular weight is 184 g/mol. The SMILES string of the molecule is CS(=O)c1ccc(OC=O)cc1. The lowest BCUT2D eigenvalue weighted by Crippen LogP contribution is -1.90. The van der Waals surface area contributed by atoms with Crippen LogP contribution in [0.1, 0.15) is 0 Å². The van der Waals surface area contributed by atoms with Gasteiger partial charge in [-0.2, -0.15) is 0 Å². The smallest absolute Gasteiger partial charge is 0.298 e. The van der Waals surface area contributed by atoms with Crippen LogP contribution in [0, 0.1) is 0 Å². The Kier molecular flexibility index (Phi) is 2.99. The van der Waals surface area contributed by atoms with Gasteiger partial charge in [-0.3, -0.25) is 9.00 Å². The minimum atomic E-state index is -0.985. The third kappa shape index (κ3) is 2.17. The van der Waals surface area contributed by atoms with Crippen LogP contribution in [-0.4, -0.2) is 16.9 Å². The standard InChI is InChI=1S/C8H8O3S/c1-12(10)8-4-2-7(3-5-8)11-6-9/h2-6H,1H3. The summed E-state index contributed by atoms with van der Waals surface area (Å²) in [6, 6.07) is 6.53. The van der Waals surface area contributed by atoms with Crippen LogP contribution in [0.25, 0.3) is 0 Å². The molecule has 1 unspecified atom stereocenters. The van der Waals surface area contributed by atoms with Crippen molar-refractivity contribution in [2.45, 2.75) is 4.90 Å². The molecule has 0 radical (unpaired) electrons. The largest absolute Gasteiger partial charge is 0.429 e. The molecule has 64 valence electrons. The van der Waals surface area contributed by atoms with Crippen molar-refractivity contribution in [3.63, 3.8) is 0 Å². The van der Waals surface area contributed by atoms with Crippen LogP contribution in [0.4, 0.5) is 0 Å². The summed E-state index contributed by atoms with van der Waals surface area (Å²) in [6.45, 7) is 0.359. The molecule has 0 N–H and O–H groups in total. The quantitative estimate of drug-likeness (QED) is 0.657. The van der Waals surface area contributed by atoms with Crippen LogP contribution in [0.15, 0.2) is 29.2 Å². The average Bonchev–Trinajstić information content (AvgIpc) is 2.06. The summed E-state index contributed by atoms with van der Waals surface area (Å²) < 4.78 is 15.5. The van der Waals surface area contributed by atoms with Gasteiger partial charge in [-0.15, -0.1) is 0 Å². The highest BCUT2D eigenvalue weighted by Crippen LogP contribution is 2.12. The van der Waals surface area contributed by atoms with Gasteiger partial charge >= 0.3 is 0 Å². The fourth-order valence-electron chi connectivity index (χ4n) is 0.765. The summed E-state index contributed by atoms with van der Waals surface area (Å²) >= 11 is 0. The van der Waals surface area contributed by atoms with Crippen molar-refractivity contribution < 1.29 is 13.7 Å². The first-order valence-electron chi connectivity index (χ1n) is 3.28.